The minimum Gasteiger partial charge on any atom is -0.326 e. The Bertz CT molecular complexity index is 199. The van der Waals surface area contributed by atoms with Gasteiger partial charge in [0, 0.05) is 12.1 Å². The van der Waals surface area contributed by atoms with Gasteiger partial charge in [-0.15, -0.1) is 0 Å². The van der Waals surface area contributed by atoms with E-state index in [0.29, 0.717) is 17.5 Å². The standard InChI is InChI=1S/C13H28N2/c1-6-13(2,3)10-7-8-11(14)12(9-10)15(4)5/h10-12H,6-9,14H2,1-5H3. The van der Waals surface area contributed by atoms with Crippen LogP contribution in [0.4, 0.5) is 0 Å². The summed E-state index contributed by atoms with van der Waals surface area (Å²) in [7, 11) is 4.32. The summed E-state index contributed by atoms with van der Waals surface area (Å²) in [5, 5.41) is 0. The molecule has 0 aromatic rings. The van der Waals surface area contributed by atoms with Gasteiger partial charge in [-0.2, -0.15) is 0 Å². The van der Waals surface area contributed by atoms with Crippen LogP contribution >= 0.6 is 0 Å². The zero-order chi connectivity index (χ0) is 11.6. The van der Waals surface area contributed by atoms with Crippen LogP contribution in [0.1, 0.15) is 46.5 Å². The monoisotopic (exact) mass is 212 g/mol. The van der Waals surface area contributed by atoms with Crippen molar-refractivity contribution < 1.29 is 0 Å². The third-order valence-electron chi connectivity index (χ3n) is 4.55. The van der Waals surface area contributed by atoms with Crippen LogP contribution in [0.15, 0.2) is 0 Å². The number of hydrogen-bond acceptors (Lipinski definition) is 2. The Kier molecular flexibility index (Phi) is 4.19. The lowest BCUT2D eigenvalue weighted by molar-refractivity contribution is 0.0840. The Morgan fingerprint density at radius 1 is 1.27 bits per heavy atom. The SMILES string of the molecule is CCC(C)(C)C1CCC(N)C(N(C)C)C1. The molecule has 1 aliphatic rings. The molecule has 0 radical (unpaired) electrons. The van der Waals surface area contributed by atoms with Crippen LogP contribution in [-0.2, 0) is 0 Å². The van der Waals surface area contributed by atoms with Gasteiger partial charge in [0.25, 0.3) is 0 Å². The van der Waals surface area contributed by atoms with E-state index in [9.17, 15) is 0 Å². The largest absolute Gasteiger partial charge is 0.326 e. The number of nitrogens with zero attached hydrogens (tertiary/aromatic N) is 1. The first-order chi connectivity index (χ1) is 6.88. The van der Waals surface area contributed by atoms with Crippen molar-refractivity contribution in [1.82, 2.24) is 4.90 Å². The molecule has 3 unspecified atom stereocenters. The van der Waals surface area contributed by atoms with Crippen LogP contribution in [-0.4, -0.2) is 31.1 Å². The van der Waals surface area contributed by atoms with Gasteiger partial charge in [0.1, 0.15) is 0 Å². The summed E-state index contributed by atoms with van der Waals surface area (Å²) in [6.07, 6.45) is 5.05. The van der Waals surface area contributed by atoms with Gasteiger partial charge >= 0.3 is 0 Å². The van der Waals surface area contributed by atoms with E-state index in [0.717, 1.165) is 5.92 Å². The zero-order valence-electron chi connectivity index (χ0n) is 11.1. The van der Waals surface area contributed by atoms with Crippen molar-refractivity contribution in [2.75, 3.05) is 14.1 Å². The molecular weight excluding hydrogens is 184 g/mol. The fourth-order valence-corrected chi connectivity index (χ4v) is 2.76. The van der Waals surface area contributed by atoms with E-state index in [4.69, 9.17) is 5.73 Å². The van der Waals surface area contributed by atoms with Crippen molar-refractivity contribution in [3.05, 3.63) is 0 Å². The van der Waals surface area contributed by atoms with Crippen LogP contribution in [0.5, 0.6) is 0 Å². The predicted molar refractivity (Wildman–Crippen MR) is 66.9 cm³/mol. The molecule has 1 rings (SSSR count). The molecule has 0 aliphatic heterocycles. The van der Waals surface area contributed by atoms with E-state index in [2.05, 4.69) is 39.8 Å². The highest BCUT2D eigenvalue weighted by molar-refractivity contribution is 4.92. The number of nitrogens with two attached hydrogens (primary N) is 1. The fourth-order valence-electron chi connectivity index (χ4n) is 2.76. The first-order valence-electron chi connectivity index (χ1n) is 6.30. The third kappa shape index (κ3) is 2.94. The van der Waals surface area contributed by atoms with Crippen molar-refractivity contribution in [3.8, 4) is 0 Å². The van der Waals surface area contributed by atoms with Crippen molar-refractivity contribution in [3.63, 3.8) is 0 Å². The highest BCUT2D eigenvalue weighted by Gasteiger charge is 2.36. The van der Waals surface area contributed by atoms with Crippen molar-refractivity contribution in [2.24, 2.45) is 17.1 Å². The zero-order valence-corrected chi connectivity index (χ0v) is 11.1. The van der Waals surface area contributed by atoms with Gasteiger partial charge in [0.15, 0.2) is 0 Å². The maximum atomic E-state index is 6.19. The molecule has 0 saturated heterocycles. The molecule has 0 spiro atoms. The van der Waals surface area contributed by atoms with Gasteiger partial charge in [-0.3, -0.25) is 0 Å². The molecule has 0 bridgehead atoms. The van der Waals surface area contributed by atoms with Gasteiger partial charge in [0.05, 0.1) is 0 Å². The predicted octanol–water partition coefficient (Wildman–Crippen LogP) is 2.48. The van der Waals surface area contributed by atoms with E-state index in [-0.39, 0.29) is 0 Å². The molecule has 0 amide bonds. The Morgan fingerprint density at radius 3 is 2.33 bits per heavy atom. The molecular formula is C13H28N2. The molecule has 0 aromatic heterocycles. The molecule has 3 atom stereocenters. The van der Waals surface area contributed by atoms with Gasteiger partial charge in [-0.1, -0.05) is 27.2 Å². The normalized spacial score (nSPS) is 33.4. The fraction of sp³-hybridized carbons (Fsp3) is 1.00. The third-order valence-corrected chi connectivity index (χ3v) is 4.55. The quantitative estimate of drug-likeness (QED) is 0.779. The minimum absolute atomic E-state index is 0.379. The number of hydrogen-bond donors (Lipinski definition) is 1. The van der Waals surface area contributed by atoms with Gasteiger partial charge < -0.3 is 10.6 Å². The Hall–Kier alpha value is -0.0800. The van der Waals surface area contributed by atoms with E-state index in [1.807, 2.05) is 0 Å². The second-order valence-electron chi connectivity index (χ2n) is 6.05. The van der Waals surface area contributed by atoms with E-state index in [1.165, 1.54) is 25.7 Å². The molecule has 0 aromatic carbocycles. The topological polar surface area (TPSA) is 29.3 Å². The van der Waals surface area contributed by atoms with Crippen molar-refractivity contribution in [2.45, 2.75) is 58.5 Å². The highest BCUT2D eigenvalue weighted by Crippen LogP contribution is 2.40. The number of rotatable bonds is 3. The molecule has 0 heterocycles. The van der Waals surface area contributed by atoms with Crippen molar-refractivity contribution >= 4 is 0 Å². The van der Waals surface area contributed by atoms with Gasteiger partial charge in [-0.05, 0) is 44.7 Å². The van der Waals surface area contributed by atoms with E-state index in [1.54, 1.807) is 0 Å². The first-order valence-corrected chi connectivity index (χ1v) is 6.30. The molecule has 15 heavy (non-hydrogen) atoms. The van der Waals surface area contributed by atoms with Crippen LogP contribution < -0.4 is 5.73 Å². The van der Waals surface area contributed by atoms with Gasteiger partial charge in [-0.25, -0.2) is 0 Å². The molecule has 2 heteroatoms. The maximum absolute atomic E-state index is 6.19. The van der Waals surface area contributed by atoms with Crippen molar-refractivity contribution in [1.29, 1.82) is 0 Å². The van der Waals surface area contributed by atoms with E-state index >= 15 is 0 Å². The van der Waals surface area contributed by atoms with Crippen LogP contribution in [0, 0.1) is 11.3 Å². The smallest absolute Gasteiger partial charge is 0.0243 e. The lowest BCUT2D eigenvalue weighted by atomic mass is 9.67. The lowest BCUT2D eigenvalue weighted by Crippen LogP contribution is -2.50. The Morgan fingerprint density at radius 2 is 1.87 bits per heavy atom. The molecule has 2 nitrogen and oxygen atoms in total. The average Bonchev–Trinajstić information content (AvgIpc) is 2.17. The molecule has 1 fully saturated rings. The summed E-state index contributed by atoms with van der Waals surface area (Å²) in [5.41, 5.74) is 6.67. The summed E-state index contributed by atoms with van der Waals surface area (Å²) in [6.45, 7) is 7.11. The summed E-state index contributed by atoms with van der Waals surface area (Å²) in [4.78, 5) is 2.31. The molecule has 2 N–H and O–H groups in total. The summed E-state index contributed by atoms with van der Waals surface area (Å²) in [5.74, 6) is 0.842. The summed E-state index contributed by atoms with van der Waals surface area (Å²) < 4.78 is 0. The minimum atomic E-state index is 0.379. The van der Waals surface area contributed by atoms with Gasteiger partial charge in [0.2, 0.25) is 0 Å². The highest BCUT2D eigenvalue weighted by atomic mass is 15.1. The molecule has 1 aliphatic carbocycles. The first kappa shape index (κ1) is 13.0. The Balaban J connectivity index is 2.65. The van der Waals surface area contributed by atoms with Crippen LogP contribution in [0.3, 0.4) is 0 Å². The van der Waals surface area contributed by atoms with Crippen LogP contribution in [0.2, 0.25) is 0 Å². The lowest BCUT2D eigenvalue weighted by Gasteiger charge is -2.44. The average molecular weight is 212 g/mol. The van der Waals surface area contributed by atoms with E-state index < -0.39 is 0 Å². The maximum Gasteiger partial charge on any atom is 0.0243 e. The molecule has 1 saturated carbocycles. The Labute approximate surface area is 95.2 Å². The number of likely N-dealkylation sites (N-methyl/N-ethyl adjacent to an activating group) is 1. The summed E-state index contributed by atoms with van der Waals surface area (Å²) in [6, 6.07) is 0.957. The second-order valence-corrected chi connectivity index (χ2v) is 6.05. The summed E-state index contributed by atoms with van der Waals surface area (Å²) >= 11 is 0. The van der Waals surface area contributed by atoms with Crippen LogP contribution in [0.25, 0.3) is 0 Å². The molecule has 90 valence electrons. The second kappa shape index (κ2) is 4.84.